The number of aliphatic hydroxyl groups excluding tert-OH is 1. The van der Waals surface area contributed by atoms with E-state index in [0.29, 0.717) is 6.54 Å². The Bertz CT molecular complexity index is 496. The number of carbonyl (C=O) groups excluding carboxylic acids is 1. The Hall–Kier alpha value is -1.73. The third kappa shape index (κ3) is 4.14. The Kier molecular flexibility index (Phi) is 6.33. The van der Waals surface area contributed by atoms with Crippen LogP contribution in [0.3, 0.4) is 0 Å². The number of unbranched alkanes of at least 4 members (excludes halogenated alkanes) is 1. The molecule has 1 heterocycles. The second kappa shape index (κ2) is 7.76. The molecule has 110 valence electrons. The van der Waals surface area contributed by atoms with Crippen LogP contribution in [0.15, 0.2) is 12.3 Å². The van der Waals surface area contributed by atoms with Crippen molar-refractivity contribution in [2.45, 2.75) is 19.8 Å². The zero-order chi connectivity index (χ0) is 15.1. The first-order valence-electron chi connectivity index (χ1n) is 6.21. The minimum absolute atomic E-state index is 0.0124. The third-order valence-electron chi connectivity index (χ3n) is 2.72. The lowest BCUT2D eigenvalue weighted by atomic mass is 10.2. The van der Waals surface area contributed by atoms with Crippen LogP contribution >= 0.6 is 11.6 Å². The van der Waals surface area contributed by atoms with Gasteiger partial charge < -0.3 is 10.0 Å². The molecule has 1 amide bonds. The van der Waals surface area contributed by atoms with Gasteiger partial charge in [0.05, 0.1) is 11.5 Å². The van der Waals surface area contributed by atoms with E-state index in [2.05, 4.69) is 4.98 Å². The molecule has 0 atom stereocenters. The predicted octanol–water partition coefficient (Wildman–Crippen LogP) is 1.88. The van der Waals surface area contributed by atoms with E-state index < -0.39 is 10.8 Å². The van der Waals surface area contributed by atoms with E-state index in [1.54, 1.807) is 0 Å². The van der Waals surface area contributed by atoms with Crippen LogP contribution in [0.25, 0.3) is 0 Å². The Morgan fingerprint density at radius 2 is 2.25 bits per heavy atom. The molecule has 0 aliphatic rings. The second-order valence-electron chi connectivity index (χ2n) is 4.15. The van der Waals surface area contributed by atoms with Gasteiger partial charge in [-0.2, -0.15) is 0 Å². The standard InChI is InChI=1S/C12H16ClN3O4/c1-2-3-4-15(5-6-17)12(18)9-7-11(13)14-8-10(9)16(19)20/h7-8,17H,2-6H2,1H3. The zero-order valence-electron chi connectivity index (χ0n) is 11.1. The average molecular weight is 302 g/mol. The van der Waals surface area contributed by atoms with Gasteiger partial charge in [-0.05, 0) is 12.5 Å². The van der Waals surface area contributed by atoms with E-state index in [4.69, 9.17) is 16.7 Å². The topological polar surface area (TPSA) is 96.6 Å². The van der Waals surface area contributed by atoms with Crippen LogP contribution in [0.1, 0.15) is 30.1 Å². The van der Waals surface area contributed by atoms with Crippen molar-refractivity contribution in [1.82, 2.24) is 9.88 Å². The van der Waals surface area contributed by atoms with Gasteiger partial charge in [-0.3, -0.25) is 14.9 Å². The number of hydrogen-bond acceptors (Lipinski definition) is 5. The van der Waals surface area contributed by atoms with Crippen LogP contribution < -0.4 is 0 Å². The minimum Gasteiger partial charge on any atom is -0.395 e. The summed E-state index contributed by atoms with van der Waals surface area (Å²) in [6.07, 6.45) is 2.58. The highest BCUT2D eigenvalue weighted by atomic mass is 35.5. The number of nitro groups is 1. The first kappa shape index (κ1) is 16.3. The fraction of sp³-hybridized carbons (Fsp3) is 0.500. The van der Waals surface area contributed by atoms with Crippen LogP contribution in [0.2, 0.25) is 5.15 Å². The number of halogens is 1. The summed E-state index contributed by atoms with van der Waals surface area (Å²) in [5, 5.41) is 19.9. The van der Waals surface area contributed by atoms with Gasteiger partial charge in [0, 0.05) is 13.1 Å². The van der Waals surface area contributed by atoms with Crippen molar-refractivity contribution in [1.29, 1.82) is 0 Å². The van der Waals surface area contributed by atoms with Crippen molar-refractivity contribution in [3.63, 3.8) is 0 Å². The third-order valence-corrected chi connectivity index (χ3v) is 2.92. The maximum atomic E-state index is 12.3. The van der Waals surface area contributed by atoms with E-state index in [-0.39, 0.29) is 29.6 Å². The van der Waals surface area contributed by atoms with Crippen molar-refractivity contribution in [3.8, 4) is 0 Å². The van der Waals surface area contributed by atoms with Gasteiger partial charge in [-0.15, -0.1) is 0 Å². The molecule has 1 N–H and O–H groups in total. The summed E-state index contributed by atoms with van der Waals surface area (Å²) in [5.74, 6) is -0.525. The number of carbonyl (C=O) groups is 1. The van der Waals surface area contributed by atoms with Gasteiger partial charge in [-0.25, -0.2) is 4.98 Å². The van der Waals surface area contributed by atoms with Gasteiger partial charge in [0.15, 0.2) is 0 Å². The Balaban J connectivity index is 3.09. The highest BCUT2D eigenvalue weighted by Gasteiger charge is 2.25. The summed E-state index contributed by atoms with van der Waals surface area (Å²) in [6, 6.07) is 1.18. The smallest absolute Gasteiger partial charge is 0.300 e. The van der Waals surface area contributed by atoms with Crippen LogP contribution in [-0.4, -0.2) is 45.5 Å². The van der Waals surface area contributed by atoms with E-state index in [1.165, 1.54) is 11.0 Å². The lowest BCUT2D eigenvalue weighted by Crippen LogP contribution is -2.34. The number of rotatable bonds is 7. The van der Waals surface area contributed by atoms with Crippen molar-refractivity contribution in [2.24, 2.45) is 0 Å². The molecule has 0 bridgehead atoms. The molecule has 20 heavy (non-hydrogen) atoms. The predicted molar refractivity (Wildman–Crippen MR) is 73.8 cm³/mol. The molecule has 0 fully saturated rings. The van der Waals surface area contributed by atoms with E-state index in [9.17, 15) is 14.9 Å². The summed E-state index contributed by atoms with van der Waals surface area (Å²) in [5.41, 5.74) is -0.501. The molecule has 0 aliphatic carbocycles. The number of pyridine rings is 1. The quantitative estimate of drug-likeness (QED) is 0.471. The van der Waals surface area contributed by atoms with Crippen molar-refractivity contribution in [3.05, 3.63) is 33.1 Å². The second-order valence-corrected chi connectivity index (χ2v) is 4.54. The molecule has 0 radical (unpaired) electrons. The zero-order valence-corrected chi connectivity index (χ0v) is 11.8. The SMILES string of the molecule is CCCCN(CCO)C(=O)c1cc(Cl)ncc1[N+](=O)[O-]. The van der Waals surface area contributed by atoms with Crippen LogP contribution in [0.4, 0.5) is 5.69 Å². The molecule has 0 saturated carbocycles. The first-order valence-corrected chi connectivity index (χ1v) is 6.59. The number of hydrogen-bond donors (Lipinski definition) is 1. The van der Waals surface area contributed by atoms with Crippen LogP contribution in [0, 0.1) is 10.1 Å². The molecule has 0 aromatic carbocycles. The van der Waals surface area contributed by atoms with Crippen molar-refractivity contribution in [2.75, 3.05) is 19.7 Å². The number of amides is 1. The van der Waals surface area contributed by atoms with Gasteiger partial charge >= 0.3 is 0 Å². The van der Waals surface area contributed by atoms with Gasteiger partial charge in [0.25, 0.3) is 11.6 Å². The average Bonchev–Trinajstić information content (AvgIpc) is 2.42. The normalized spacial score (nSPS) is 10.3. The molecule has 1 aromatic heterocycles. The Labute approximate surface area is 121 Å². The van der Waals surface area contributed by atoms with E-state index in [1.807, 2.05) is 6.92 Å². The largest absolute Gasteiger partial charge is 0.395 e. The molecular weight excluding hydrogens is 286 g/mol. The fourth-order valence-corrected chi connectivity index (χ4v) is 1.85. The molecule has 1 rings (SSSR count). The van der Waals surface area contributed by atoms with Gasteiger partial charge in [-0.1, -0.05) is 24.9 Å². The highest BCUT2D eigenvalue weighted by molar-refractivity contribution is 6.29. The van der Waals surface area contributed by atoms with Gasteiger partial charge in [0.2, 0.25) is 0 Å². The summed E-state index contributed by atoms with van der Waals surface area (Å²) in [7, 11) is 0. The molecule has 8 heteroatoms. The first-order chi connectivity index (χ1) is 9.51. The molecule has 0 aliphatic heterocycles. The molecular formula is C12H16ClN3O4. The summed E-state index contributed by atoms with van der Waals surface area (Å²) < 4.78 is 0. The van der Waals surface area contributed by atoms with Crippen LogP contribution in [0.5, 0.6) is 0 Å². The molecule has 0 saturated heterocycles. The molecule has 0 spiro atoms. The minimum atomic E-state index is -0.673. The lowest BCUT2D eigenvalue weighted by molar-refractivity contribution is -0.385. The fourth-order valence-electron chi connectivity index (χ4n) is 1.69. The maximum Gasteiger partial charge on any atom is 0.300 e. The monoisotopic (exact) mass is 301 g/mol. The van der Waals surface area contributed by atoms with Crippen molar-refractivity contribution < 1.29 is 14.8 Å². The summed E-state index contributed by atoms with van der Waals surface area (Å²) in [6.45, 7) is 2.30. The Morgan fingerprint density at radius 3 is 2.80 bits per heavy atom. The summed E-state index contributed by atoms with van der Waals surface area (Å²) >= 11 is 5.70. The van der Waals surface area contributed by atoms with E-state index >= 15 is 0 Å². The molecule has 0 unspecified atom stereocenters. The van der Waals surface area contributed by atoms with Crippen LogP contribution in [-0.2, 0) is 0 Å². The highest BCUT2D eigenvalue weighted by Crippen LogP contribution is 2.22. The summed E-state index contributed by atoms with van der Waals surface area (Å²) in [4.78, 5) is 27.6. The number of nitrogens with zero attached hydrogens (tertiary/aromatic N) is 3. The number of aromatic nitrogens is 1. The number of aliphatic hydroxyl groups is 1. The lowest BCUT2D eigenvalue weighted by Gasteiger charge is -2.21. The molecule has 7 nitrogen and oxygen atoms in total. The molecule has 1 aromatic rings. The van der Waals surface area contributed by atoms with Gasteiger partial charge in [0.1, 0.15) is 16.9 Å². The van der Waals surface area contributed by atoms with E-state index in [0.717, 1.165) is 19.0 Å². The van der Waals surface area contributed by atoms with Crippen molar-refractivity contribution >= 4 is 23.2 Å². The maximum absolute atomic E-state index is 12.3. The Morgan fingerprint density at radius 1 is 1.55 bits per heavy atom.